The van der Waals surface area contributed by atoms with Crippen molar-refractivity contribution in [3.8, 4) is 5.75 Å². The van der Waals surface area contributed by atoms with Crippen LogP contribution in [-0.2, 0) is 33.9 Å². The third-order valence-electron chi connectivity index (χ3n) is 8.95. The van der Waals surface area contributed by atoms with Crippen LogP contribution in [0.1, 0.15) is 28.7 Å². The molecular formula is C31H33F3N4O7. The lowest BCUT2D eigenvalue weighted by molar-refractivity contribution is -0.153. The highest BCUT2D eigenvalue weighted by Crippen LogP contribution is 2.54. The van der Waals surface area contributed by atoms with Crippen LogP contribution in [0.25, 0.3) is 5.76 Å². The normalized spacial score (nSPS) is 24.5. The highest BCUT2D eigenvalue weighted by molar-refractivity contribution is 6.24. The number of aliphatic hydroxyl groups is 3. The van der Waals surface area contributed by atoms with Crippen molar-refractivity contribution in [2.45, 2.75) is 37.6 Å². The molecule has 1 saturated carbocycles. The summed E-state index contributed by atoms with van der Waals surface area (Å²) in [5.41, 5.74) is 2.71. The molecule has 0 radical (unpaired) electrons. The second kappa shape index (κ2) is 11.2. The first-order valence-electron chi connectivity index (χ1n) is 14.1. The number of Topliss-reactive ketones (excluding diaryl/α,β-unsaturated/α-hetero) is 2. The van der Waals surface area contributed by atoms with Gasteiger partial charge in [-0.05, 0) is 62.2 Å². The SMILES string of the molecule is CN(C)c1cc(CNCc2cc(F)c(F)c(F)c2)c(O)c2c1C[C@@H]1C[C@@H]3C(N(C)C)C(=O)C(C(N)=O)=C(O)[C@]3(O)C(=O)C1=C2O. The van der Waals surface area contributed by atoms with Gasteiger partial charge in [-0.25, -0.2) is 13.2 Å². The Kier molecular flexibility index (Phi) is 7.96. The Hall–Kier alpha value is -4.40. The zero-order valence-corrected chi connectivity index (χ0v) is 24.9. The molecular weight excluding hydrogens is 597 g/mol. The van der Waals surface area contributed by atoms with Gasteiger partial charge in [0.1, 0.15) is 22.8 Å². The molecule has 11 nitrogen and oxygen atoms in total. The third kappa shape index (κ3) is 4.84. The standard InChI is InChI=1S/C31H33F3N4O7/c1-37(2)19-9-14(11-36-10-12-5-17(32)23(34)18(33)6-12)25(39)21-15(19)7-13-8-16-24(38(3)4)27(41)22(30(35)44)29(43)31(16,45)28(42)20(13)26(21)40/h5-6,9,13,16,24,36,39-40,43,45H,7-8,10-11H2,1-4H3,(H2,35,44)/t13-,16-,24?,31-/m1/s1. The number of ketones is 2. The molecule has 2 aromatic rings. The summed E-state index contributed by atoms with van der Waals surface area (Å²) in [4.78, 5) is 42.7. The monoisotopic (exact) mass is 630 g/mol. The predicted octanol–water partition coefficient (Wildman–Crippen LogP) is 1.74. The maximum Gasteiger partial charge on any atom is 0.255 e. The summed E-state index contributed by atoms with van der Waals surface area (Å²) in [6, 6.07) is 2.12. The van der Waals surface area contributed by atoms with Crippen LogP contribution in [0.15, 0.2) is 35.1 Å². The number of likely N-dealkylation sites (N-methyl/N-ethyl adjacent to an activating group) is 1. The second-order valence-corrected chi connectivity index (χ2v) is 12.1. The molecule has 0 saturated heterocycles. The van der Waals surface area contributed by atoms with Gasteiger partial charge in [-0.3, -0.25) is 19.3 Å². The molecule has 45 heavy (non-hydrogen) atoms. The van der Waals surface area contributed by atoms with Gasteiger partial charge in [0.25, 0.3) is 5.91 Å². The molecule has 240 valence electrons. The van der Waals surface area contributed by atoms with E-state index in [0.29, 0.717) is 11.3 Å². The number of rotatable bonds is 7. The van der Waals surface area contributed by atoms with E-state index in [1.54, 1.807) is 25.1 Å². The molecule has 7 N–H and O–H groups in total. The molecule has 0 bridgehead atoms. The number of benzene rings is 2. The molecule has 1 unspecified atom stereocenters. The van der Waals surface area contributed by atoms with Crippen LogP contribution < -0.4 is 16.0 Å². The Balaban J connectivity index is 1.59. The van der Waals surface area contributed by atoms with Gasteiger partial charge >= 0.3 is 0 Å². The van der Waals surface area contributed by atoms with Gasteiger partial charge in [-0.2, -0.15) is 0 Å². The highest BCUT2D eigenvalue weighted by Gasteiger charge is 2.64. The fourth-order valence-corrected chi connectivity index (χ4v) is 6.93. The summed E-state index contributed by atoms with van der Waals surface area (Å²) in [7, 11) is 6.50. The first kappa shape index (κ1) is 32.0. The van der Waals surface area contributed by atoms with Crippen LogP contribution >= 0.6 is 0 Å². The van der Waals surface area contributed by atoms with E-state index in [9.17, 15) is 48.0 Å². The number of nitrogens with zero attached hydrogens (tertiary/aromatic N) is 2. The van der Waals surface area contributed by atoms with E-state index in [1.807, 2.05) is 0 Å². The fraction of sp³-hybridized carbons (Fsp3) is 0.387. The lowest BCUT2D eigenvalue weighted by atomic mass is 9.57. The van der Waals surface area contributed by atoms with Gasteiger partial charge in [-0.1, -0.05) is 0 Å². The minimum Gasteiger partial charge on any atom is -0.508 e. The van der Waals surface area contributed by atoms with Gasteiger partial charge in [0, 0.05) is 49.9 Å². The highest BCUT2D eigenvalue weighted by atomic mass is 19.2. The average molecular weight is 631 g/mol. The zero-order chi connectivity index (χ0) is 33.3. The van der Waals surface area contributed by atoms with Gasteiger partial charge in [0.05, 0.1) is 11.6 Å². The maximum atomic E-state index is 14.1. The molecule has 4 atom stereocenters. The van der Waals surface area contributed by atoms with Gasteiger partial charge in [-0.15, -0.1) is 0 Å². The Labute approximate surface area is 256 Å². The summed E-state index contributed by atoms with van der Waals surface area (Å²) >= 11 is 0. The molecule has 3 aliphatic rings. The van der Waals surface area contributed by atoms with Crippen molar-refractivity contribution in [2.75, 3.05) is 33.1 Å². The number of halogens is 3. The minimum absolute atomic E-state index is 0.0481. The van der Waals surface area contributed by atoms with Crippen molar-refractivity contribution < 1.29 is 48.0 Å². The van der Waals surface area contributed by atoms with Crippen LogP contribution in [0.5, 0.6) is 5.75 Å². The number of phenols is 1. The Morgan fingerprint density at radius 3 is 2.22 bits per heavy atom. The number of nitrogens with one attached hydrogen (secondary N) is 1. The van der Waals surface area contributed by atoms with Gasteiger partial charge in [0.2, 0.25) is 5.78 Å². The number of primary amides is 1. The first-order chi connectivity index (χ1) is 21.0. The molecule has 0 aliphatic heterocycles. The van der Waals surface area contributed by atoms with Crippen molar-refractivity contribution >= 4 is 28.9 Å². The van der Waals surface area contributed by atoms with Crippen LogP contribution in [0.2, 0.25) is 0 Å². The molecule has 1 fully saturated rings. The number of phenolic OH excluding ortho intramolecular Hbond substituents is 1. The number of aliphatic hydroxyl groups excluding tert-OH is 2. The predicted molar refractivity (Wildman–Crippen MR) is 155 cm³/mol. The van der Waals surface area contributed by atoms with Crippen LogP contribution in [0.3, 0.4) is 0 Å². The number of nitrogens with two attached hydrogens (primary N) is 1. The Morgan fingerprint density at radius 1 is 1.04 bits per heavy atom. The Bertz CT molecular complexity index is 1700. The summed E-state index contributed by atoms with van der Waals surface area (Å²) in [6.45, 7) is -0.186. The fourth-order valence-electron chi connectivity index (χ4n) is 6.93. The average Bonchev–Trinajstić information content (AvgIpc) is 2.94. The molecule has 5 rings (SSSR count). The summed E-state index contributed by atoms with van der Waals surface area (Å²) < 4.78 is 40.7. The Morgan fingerprint density at radius 2 is 1.67 bits per heavy atom. The summed E-state index contributed by atoms with van der Waals surface area (Å²) in [6.07, 6.45) is 0.0605. The van der Waals surface area contributed by atoms with E-state index in [0.717, 1.165) is 12.1 Å². The van der Waals surface area contributed by atoms with E-state index in [1.165, 1.54) is 19.0 Å². The van der Waals surface area contributed by atoms with Crippen molar-refractivity contribution in [3.63, 3.8) is 0 Å². The molecule has 14 heteroatoms. The van der Waals surface area contributed by atoms with Crippen LogP contribution in [-0.4, -0.2) is 82.6 Å². The zero-order valence-electron chi connectivity index (χ0n) is 24.9. The van der Waals surface area contributed by atoms with Gasteiger partial charge < -0.3 is 36.4 Å². The van der Waals surface area contributed by atoms with E-state index in [4.69, 9.17) is 5.73 Å². The smallest absolute Gasteiger partial charge is 0.255 e. The number of aromatic hydroxyl groups is 1. The van der Waals surface area contributed by atoms with Crippen LogP contribution in [0, 0.1) is 29.3 Å². The first-order valence-corrected chi connectivity index (χ1v) is 14.1. The van der Waals surface area contributed by atoms with Crippen molar-refractivity contribution in [1.29, 1.82) is 0 Å². The van der Waals surface area contributed by atoms with Crippen molar-refractivity contribution in [1.82, 2.24) is 10.2 Å². The quantitative estimate of drug-likeness (QED) is 0.195. The van der Waals surface area contributed by atoms with E-state index in [-0.39, 0.29) is 48.2 Å². The molecule has 1 amide bonds. The molecule has 3 aliphatic carbocycles. The minimum atomic E-state index is -2.76. The number of hydrogen-bond acceptors (Lipinski definition) is 10. The van der Waals surface area contributed by atoms with Crippen molar-refractivity contribution in [2.24, 2.45) is 17.6 Å². The van der Waals surface area contributed by atoms with E-state index in [2.05, 4.69) is 5.32 Å². The lowest BCUT2D eigenvalue weighted by Crippen LogP contribution is -2.65. The topological polar surface area (TPSA) is 177 Å². The lowest BCUT2D eigenvalue weighted by Gasteiger charge is -2.50. The van der Waals surface area contributed by atoms with E-state index < -0.39 is 81.2 Å². The number of anilines is 1. The van der Waals surface area contributed by atoms with E-state index >= 15 is 0 Å². The number of hydrogen-bond donors (Lipinski definition) is 6. The number of carbonyl (C=O) groups excluding carboxylic acids is 3. The summed E-state index contributed by atoms with van der Waals surface area (Å²) in [5.74, 6) is -11.8. The summed E-state index contributed by atoms with van der Waals surface area (Å²) in [5, 5.41) is 48.6. The number of carbonyl (C=O) groups is 3. The molecule has 2 aromatic carbocycles. The molecule has 0 aromatic heterocycles. The molecule has 0 spiro atoms. The number of amides is 1. The maximum absolute atomic E-state index is 14.1. The van der Waals surface area contributed by atoms with Gasteiger partial charge in [0.15, 0.2) is 28.8 Å². The van der Waals surface area contributed by atoms with Crippen LogP contribution in [0.4, 0.5) is 18.9 Å². The third-order valence-corrected chi connectivity index (χ3v) is 8.95. The van der Waals surface area contributed by atoms with Crippen molar-refractivity contribution in [3.05, 3.63) is 74.8 Å². The molecule has 0 heterocycles. The second-order valence-electron chi connectivity index (χ2n) is 12.1. The number of fused-ring (bicyclic) bond motifs is 3. The largest absolute Gasteiger partial charge is 0.508 e.